The molecule has 3 aromatic rings. The van der Waals surface area contributed by atoms with Gasteiger partial charge in [0, 0.05) is 0 Å². The predicted octanol–water partition coefficient (Wildman–Crippen LogP) is 6.44. The van der Waals surface area contributed by atoms with Gasteiger partial charge in [0.05, 0.1) is 23.8 Å². The number of methoxy groups -OCH3 is 1. The second-order valence-corrected chi connectivity index (χ2v) is 6.90. The zero-order valence-electron chi connectivity index (χ0n) is 16.1. The van der Waals surface area contributed by atoms with Gasteiger partial charge in [0.2, 0.25) is 0 Å². The van der Waals surface area contributed by atoms with Crippen LogP contribution < -0.4 is 9.47 Å². The Bertz CT molecular complexity index is 1090. The number of hydrogen-bond acceptors (Lipinski definition) is 3. The summed E-state index contributed by atoms with van der Waals surface area (Å²) in [7, 11) is 1.51. The Balaban J connectivity index is 1.89. The Hall–Kier alpha value is -3.29. The van der Waals surface area contributed by atoms with E-state index in [1.165, 1.54) is 19.2 Å². The van der Waals surface area contributed by atoms with Crippen LogP contribution in [0.25, 0.3) is 11.6 Å². The van der Waals surface area contributed by atoms with Crippen molar-refractivity contribution in [2.45, 2.75) is 13.5 Å². The maximum absolute atomic E-state index is 13.3. The number of ether oxygens (including phenoxy) is 2. The van der Waals surface area contributed by atoms with Crippen molar-refractivity contribution in [3.8, 4) is 17.6 Å². The lowest BCUT2D eigenvalue weighted by Crippen LogP contribution is -1.99. The van der Waals surface area contributed by atoms with E-state index >= 15 is 0 Å². The molecule has 3 nitrogen and oxygen atoms in total. The molecule has 0 fully saturated rings. The van der Waals surface area contributed by atoms with Crippen LogP contribution in [0.5, 0.6) is 11.5 Å². The van der Waals surface area contributed by atoms with Crippen LogP contribution in [-0.4, -0.2) is 7.11 Å². The van der Waals surface area contributed by atoms with Crippen LogP contribution in [-0.2, 0) is 6.61 Å². The average Bonchev–Trinajstić information content (AvgIpc) is 2.71. The van der Waals surface area contributed by atoms with E-state index in [1.807, 2.05) is 31.2 Å². The van der Waals surface area contributed by atoms with E-state index in [9.17, 15) is 9.65 Å². The zero-order chi connectivity index (χ0) is 20.8. The quantitative estimate of drug-likeness (QED) is 0.349. The molecule has 0 unspecified atom stereocenters. The highest BCUT2D eigenvalue weighted by Gasteiger charge is 2.13. The van der Waals surface area contributed by atoms with E-state index in [0.29, 0.717) is 33.2 Å². The van der Waals surface area contributed by atoms with Crippen molar-refractivity contribution in [3.05, 3.63) is 93.8 Å². The van der Waals surface area contributed by atoms with E-state index in [1.54, 1.807) is 30.3 Å². The van der Waals surface area contributed by atoms with E-state index < -0.39 is 0 Å². The molecule has 0 aliphatic carbocycles. The Morgan fingerprint density at radius 3 is 2.55 bits per heavy atom. The summed E-state index contributed by atoms with van der Waals surface area (Å²) >= 11 is 6.41. The molecule has 0 atom stereocenters. The molecule has 0 saturated heterocycles. The van der Waals surface area contributed by atoms with E-state index in [-0.39, 0.29) is 12.4 Å². The third kappa shape index (κ3) is 5.16. The molecule has 0 spiro atoms. The highest BCUT2D eigenvalue weighted by Crippen LogP contribution is 2.38. The number of benzene rings is 3. The summed E-state index contributed by atoms with van der Waals surface area (Å²) in [6.07, 6.45) is 1.75. The number of aryl methyl sites for hydroxylation is 1. The Morgan fingerprint density at radius 1 is 1.14 bits per heavy atom. The summed E-state index contributed by atoms with van der Waals surface area (Å²) < 4.78 is 24.5. The standard InChI is InChI=1S/C24H19ClFNO2/c1-16-6-8-19(9-7-16)20(14-27)10-18-12-22(25)24(23(13-18)28-2)29-15-17-4-3-5-21(26)11-17/h3-13H,15H2,1-2H3/b20-10-. The van der Waals surface area contributed by atoms with Crippen molar-refractivity contribution in [3.63, 3.8) is 0 Å². The lowest BCUT2D eigenvalue weighted by molar-refractivity contribution is 0.284. The third-order valence-corrected chi connectivity index (χ3v) is 4.60. The summed E-state index contributed by atoms with van der Waals surface area (Å²) in [6.45, 7) is 2.14. The van der Waals surface area contributed by atoms with Crippen LogP contribution in [0.2, 0.25) is 5.02 Å². The van der Waals surface area contributed by atoms with Crippen LogP contribution in [0.1, 0.15) is 22.3 Å². The minimum absolute atomic E-state index is 0.149. The van der Waals surface area contributed by atoms with Crippen molar-refractivity contribution in [2.24, 2.45) is 0 Å². The van der Waals surface area contributed by atoms with Gasteiger partial charge in [-0.1, -0.05) is 53.6 Å². The topological polar surface area (TPSA) is 42.2 Å². The second-order valence-electron chi connectivity index (χ2n) is 6.49. The summed E-state index contributed by atoms with van der Waals surface area (Å²) in [5.41, 5.74) is 3.84. The third-order valence-electron chi connectivity index (χ3n) is 4.32. The van der Waals surface area contributed by atoms with Gasteiger partial charge in [0.15, 0.2) is 11.5 Å². The molecule has 3 aromatic carbocycles. The molecule has 0 bridgehead atoms. The Morgan fingerprint density at radius 2 is 1.90 bits per heavy atom. The first kappa shape index (κ1) is 20.4. The van der Waals surface area contributed by atoms with Crippen LogP contribution in [0.3, 0.4) is 0 Å². The normalized spacial score (nSPS) is 11.1. The molecule has 3 rings (SSSR count). The van der Waals surface area contributed by atoms with Gasteiger partial charge < -0.3 is 9.47 Å². The van der Waals surface area contributed by atoms with E-state index in [4.69, 9.17) is 21.1 Å². The molecule has 0 aromatic heterocycles. The molecule has 5 heteroatoms. The molecular formula is C24H19ClFNO2. The van der Waals surface area contributed by atoms with Gasteiger partial charge in [-0.2, -0.15) is 5.26 Å². The van der Waals surface area contributed by atoms with Crippen LogP contribution in [0.15, 0.2) is 60.7 Å². The number of allylic oxidation sites excluding steroid dienone is 1. The summed E-state index contributed by atoms with van der Waals surface area (Å²) in [4.78, 5) is 0. The van der Waals surface area contributed by atoms with E-state index in [0.717, 1.165) is 11.1 Å². The van der Waals surface area contributed by atoms with Gasteiger partial charge >= 0.3 is 0 Å². The first-order valence-corrected chi connectivity index (χ1v) is 9.31. The molecule has 0 heterocycles. The van der Waals surface area contributed by atoms with Gasteiger partial charge in [-0.05, 0) is 54.0 Å². The van der Waals surface area contributed by atoms with Gasteiger partial charge in [-0.3, -0.25) is 0 Å². The molecule has 0 radical (unpaired) electrons. The summed E-state index contributed by atoms with van der Waals surface area (Å²) in [5, 5.41) is 9.90. The predicted molar refractivity (Wildman–Crippen MR) is 113 cm³/mol. The van der Waals surface area contributed by atoms with Gasteiger partial charge in [0.25, 0.3) is 0 Å². The highest BCUT2D eigenvalue weighted by molar-refractivity contribution is 6.32. The first-order chi connectivity index (χ1) is 14.0. The molecule has 0 N–H and O–H groups in total. The fraction of sp³-hybridized carbons (Fsp3) is 0.125. The fourth-order valence-corrected chi connectivity index (χ4v) is 3.10. The lowest BCUT2D eigenvalue weighted by Gasteiger charge is -2.14. The second kappa shape index (κ2) is 9.27. The largest absolute Gasteiger partial charge is 0.493 e. The van der Waals surface area contributed by atoms with E-state index in [2.05, 4.69) is 6.07 Å². The Kier molecular flexibility index (Phi) is 6.54. The maximum Gasteiger partial charge on any atom is 0.180 e. The average molecular weight is 408 g/mol. The van der Waals surface area contributed by atoms with Gasteiger partial charge in [-0.25, -0.2) is 4.39 Å². The lowest BCUT2D eigenvalue weighted by atomic mass is 10.0. The van der Waals surface area contributed by atoms with Crippen LogP contribution >= 0.6 is 11.6 Å². The number of halogens is 2. The molecule has 29 heavy (non-hydrogen) atoms. The summed E-state index contributed by atoms with van der Waals surface area (Å²) in [6, 6.07) is 19.6. The molecule has 0 aliphatic heterocycles. The van der Waals surface area contributed by atoms with Crippen molar-refractivity contribution in [1.29, 1.82) is 5.26 Å². The van der Waals surface area contributed by atoms with Crippen molar-refractivity contribution in [1.82, 2.24) is 0 Å². The minimum atomic E-state index is -0.329. The number of nitriles is 1. The number of nitrogens with zero attached hydrogens (tertiary/aromatic N) is 1. The van der Waals surface area contributed by atoms with Crippen molar-refractivity contribution >= 4 is 23.3 Å². The molecule has 146 valence electrons. The number of rotatable bonds is 6. The van der Waals surface area contributed by atoms with Gasteiger partial charge in [0.1, 0.15) is 12.4 Å². The van der Waals surface area contributed by atoms with Crippen molar-refractivity contribution < 1.29 is 13.9 Å². The van der Waals surface area contributed by atoms with Crippen molar-refractivity contribution in [2.75, 3.05) is 7.11 Å². The molecule has 0 amide bonds. The van der Waals surface area contributed by atoms with Crippen LogP contribution in [0.4, 0.5) is 4.39 Å². The zero-order valence-corrected chi connectivity index (χ0v) is 16.8. The maximum atomic E-state index is 13.3. The Labute approximate surface area is 174 Å². The minimum Gasteiger partial charge on any atom is -0.493 e. The smallest absolute Gasteiger partial charge is 0.180 e. The number of hydrogen-bond donors (Lipinski definition) is 0. The summed E-state index contributed by atoms with van der Waals surface area (Å²) in [5.74, 6) is 0.468. The monoisotopic (exact) mass is 407 g/mol. The van der Waals surface area contributed by atoms with Gasteiger partial charge in [-0.15, -0.1) is 0 Å². The fourth-order valence-electron chi connectivity index (χ4n) is 2.83. The van der Waals surface area contributed by atoms with Crippen LogP contribution in [0, 0.1) is 24.1 Å². The first-order valence-electron chi connectivity index (χ1n) is 8.94. The molecule has 0 aliphatic rings. The SMILES string of the molecule is COc1cc(/C=C(/C#N)c2ccc(C)cc2)cc(Cl)c1OCc1cccc(F)c1. The highest BCUT2D eigenvalue weighted by atomic mass is 35.5. The molecule has 0 saturated carbocycles. The molecular weight excluding hydrogens is 389 g/mol.